The molecule has 0 bridgehead atoms. The minimum Gasteiger partial charge on any atom is -0.496 e. The van der Waals surface area contributed by atoms with E-state index in [9.17, 15) is 0 Å². The van der Waals surface area contributed by atoms with E-state index in [1.807, 2.05) is 12.1 Å². The average molecular weight is 219 g/mol. The van der Waals surface area contributed by atoms with Crippen LogP contribution in [0.4, 0.5) is 0 Å². The topological polar surface area (TPSA) is 44.5 Å². The van der Waals surface area contributed by atoms with Gasteiger partial charge in [-0.1, -0.05) is 0 Å². The molecule has 1 saturated carbocycles. The lowest BCUT2D eigenvalue weighted by molar-refractivity contribution is 0.356. The Labute approximate surface area is 95.5 Å². The van der Waals surface area contributed by atoms with Crippen LogP contribution in [0, 0.1) is 5.92 Å². The Kier molecular flexibility index (Phi) is 2.28. The Morgan fingerprint density at radius 2 is 2.38 bits per heavy atom. The van der Waals surface area contributed by atoms with Crippen LogP contribution >= 0.6 is 0 Å². The maximum Gasteiger partial charge on any atom is 0.123 e. The molecule has 1 aliphatic heterocycles. The zero-order chi connectivity index (χ0) is 11.1. The number of rotatable bonds is 3. The van der Waals surface area contributed by atoms with Crippen molar-refractivity contribution >= 4 is 0 Å². The monoisotopic (exact) mass is 219 g/mol. The molecule has 0 radical (unpaired) electrons. The minimum atomic E-state index is 0.594. The van der Waals surface area contributed by atoms with Crippen molar-refractivity contribution in [3.8, 4) is 11.5 Å². The number of nitrogens with two attached hydrogens (primary N) is 1. The molecule has 1 heterocycles. The van der Waals surface area contributed by atoms with E-state index in [4.69, 9.17) is 15.2 Å². The second-order valence-electron chi connectivity index (χ2n) is 4.59. The smallest absolute Gasteiger partial charge is 0.123 e. The van der Waals surface area contributed by atoms with Gasteiger partial charge in [-0.15, -0.1) is 0 Å². The molecule has 2 N–H and O–H groups in total. The van der Waals surface area contributed by atoms with Crippen molar-refractivity contribution < 1.29 is 9.47 Å². The van der Waals surface area contributed by atoms with E-state index in [1.165, 1.54) is 17.5 Å². The fourth-order valence-corrected chi connectivity index (χ4v) is 2.73. The van der Waals surface area contributed by atoms with E-state index >= 15 is 0 Å². The summed E-state index contributed by atoms with van der Waals surface area (Å²) in [5.41, 5.74) is 8.43. The first-order valence-electron chi connectivity index (χ1n) is 5.87. The van der Waals surface area contributed by atoms with Crippen LogP contribution in [0.2, 0.25) is 0 Å². The molecule has 1 aromatic carbocycles. The molecule has 3 nitrogen and oxygen atoms in total. The Morgan fingerprint density at radius 1 is 1.50 bits per heavy atom. The molecule has 86 valence electrons. The third-order valence-corrected chi connectivity index (χ3v) is 3.70. The van der Waals surface area contributed by atoms with E-state index in [0.717, 1.165) is 31.1 Å². The second-order valence-corrected chi connectivity index (χ2v) is 4.59. The number of hydrogen-bond acceptors (Lipinski definition) is 3. The Bertz CT molecular complexity index is 417. The van der Waals surface area contributed by atoms with Crippen LogP contribution in [0.5, 0.6) is 11.5 Å². The summed E-state index contributed by atoms with van der Waals surface area (Å²) in [6.45, 7) is 1.58. The zero-order valence-electron chi connectivity index (χ0n) is 9.53. The highest BCUT2D eigenvalue weighted by Crippen LogP contribution is 2.53. The fourth-order valence-electron chi connectivity index (χ4n) is 2.73. The van der Waals surface area contributed by atoms with E-state index in [2.05, 4.69) is 0 Å². The predicted octanol–water partition coefficient (Wildman–Crippen LogP) is 1.69. The lowest BCUT2D eigenvalue weighted by atomic mass is 9.98. The van der Waals surface area contributed by atoms with Crippen molar-refractivity contribution in [2.45, 2.75) is 18.8 Å². The van der Waals surface area contributed by atoms with Crippen LogP contribution in [0.25, 0.3) is 0 Å². The molecule has 0 spiro atoms. The second kappa shape index (κ2) is 3.67. The molecular formula is C13H17NO2. The van der Waals surface area contributed by atoms with E-state index < -0.39 is 0 Å². The van der Waals surface area contributed by atoms with Crippen molar-refractivity contribution in [3.05, 3.63) is 23.3 Å². The maximum atomic E-state index is 5.73. The standard InChI is InChI=1S/C13H17NO2/c1-15-12-3-2-11-9(4-5-16-11)13(12)10-6-8(10)7-14/h2-3,8,10H,4-7,14H2,1H3/t8-,10+/m1/s1. The van der Waals surface area contributed by atoms with Gasteiger partial charge in [-0.05, 0) is 36.9 Å². The quantitative estimate of drug-likeness (QED) is 0.841. The van der Waals surface area contributed by atoms with Crippen molar-refractivity contribution in [1.82, 2.24) is 0 Å². The Hall–Kier alpha value is -1.22. The van der Waals surface area contributed by atoms with Gasteiger partial charge >= 0.3 is 0 Å². The van der Waals surface area contributed by atoms with Gasteiger partial charge in [-0.2, -0.15) is 0 Å². The molecule has 1 fully saturated rings. The van der Waals surface area contributed by atoms with Crippen LogP contribution in [-0.2, 0) is 6.42 Å². The maximum absolute atomic E-state index is 5.73. The number of methoxy groups -OCH3 is 1. The van der Waals surface area contributed by atoms with Crippen molar-refractivity contribution in [2.75, 3.05) is 20.3 Å². The summed E-state index contributed by atoms with van der Waals surface area (Å²) in [6.07, 6.45) is 2.21. The highest BCUT2D eigenvalue weighted by Gasteiger charge is 2.41. The number of hydrogen-bond donors (Lipinski definition) is 1. The highest BCUT2D eigenvalue weighted by atomic mass is 16.5. The molecule has 0 unspecified atom stereocenters. The van der Waals surface area contributed by atoms with E-state index in [-0.39, 0.29) is 0 Å². The van der Waals surface area contributed by atoms with Crippen LogP contribution in [0.1, 0.15) is 23.5 Å². The number of benzene rings is 1. The van der Waals surface area contributed by atoms with Gasteiger partial charge in [-0.25, -0.2) is 0 Å². The van der Waals surface area contributed by atoms with Gasteiger partial charge in [-0.3, -0.25) is 0 Å². The van der Waals surface area contributed by atoms with Gasteiger partial charge in [0.25, 0.3) is 0 Å². The summed E-state index contributed by atoms with van der Waals surface area (Å²) in [5, 5.41) is 0. The summed E-state index contributed by atoms with van der Waals surface area (Å²) in [4.78, 5) is 0. The van der Waals surface area contributed by atoms with Gasteiger partial charge in [0.1, 0.15) is 11.5 Å². The lowest BCUT2D eigenvalue weighted by Crippen LogP contribution is -2.03. The van der Waals surface area contributed by atoms with Crippen molar-refractivity contribution in [2.24, 2.45) is 11.7 Å². The minimum absolute atomic E-state index is 0.594. The molecule has 2 aliphatic rings. The summed E-state index contributed by atoms with van der Waals surface area (Å²) in [6, 6.07) is 4.04. The first-order valence-corrected chi connectivity index (χ1v) is 5.87. The summed E-state index contributed by atoms with van der Waals surface area (Å²) >= 11 is 0. The molecule has 2 atom stereocenters. The molecule has 0 aromatic heterocycles. The van der Waals surface area contributed by atoms with Crippen LogP contribution < -0.4 is 15.2 Å². The normalized spacial score (nSPS) is 26.1. The summed E-state index contributed by atoms with van der Waals surface area (Å²) < 4.78 is 11.1. The molecule has 0 amide bonds. The van der Waals surface area contributed by atoms with E-state index in [0.29, 0.717) is 11.8 Å². The van der Waals surface area contributed by atoms with E-state index in [1.54, 1.807) is 7.11 Å². The Morgan fingerprint density at radius 3 is 3.06 bits per heavy atom. The summed E-state index contributed by atoms with van der Waals surface area (Å²) in [7, 11) is 1.74. The number of ether oxygens (including phenoxy) is 2. The average Bonchev–Trinajstić information content (AvgIpc) is 2.94. The molecule has 1 aliphatic carbocycles. The van der Waals surface area contributed by atoms with Crippen molar-refractivity contribution in [3.63, 3.8) is 0 Å². The SMILES string of the molecule is COc1ccc2c(c1[C@H]1C[C@@H]1CN)CCO2. The first kappa shape index (κ1) is 9.97. The largest absolute Gasteiger partial charge is 0.496 e. The molecule has 3 heteroatoms. The third kappa shape index (κ3) is 1.39. The van der Waals surface area contributed by atoms with Crippen molar-refractivity contribution in [1.29, 1.82) is 0 Å². The molecule has 3 rings (SSSR count). The van der Waals surface area contributed by atoms with Gasteiger partial charge in [0.15, 0.2) is 0 Å². The molecule has 16 heavy (non-hydrogen) atoms. The lowest BCUT2D eigenvalue weighted by Gasteiger charge is -2.12. The highest BCUT2D eigenvalue weighted by molar-refractivity contribution is 5.54. The van der Waals surface area contributed by atoms with Crippen LogP contribution in [-0.4, -0.2) is 20.3 Å². The number of fused-ring (bicyclic) bond motifs is 1. The molecule has 0 saturated heterocycles. The van der Waals surface area contributed by atoms with Crippen LogP contribution in [0.15, 0.2) is 12.1 Å². The molecular weight excluding hydrogens is 202 g/mol. The Balaban J connectivity index is 2.04. The summed E-state index contributed by atoms with van der Waals surface area (Å²) in [5.74, 6) is 3.28. The zero-order valence-corrected chi connectivity index (χ0v) is 9.53. The first-order chi connectivity index (χ1) is 7.85. The third-order valence-electron chi connectivity index (χ3n) is 3.70. The predicted molar refractivity (Wildman–Crippen MR) is 62.1 cm³/mol. The van der Waals surface area contributed by atoms with Crippen LogP contribution in [0.3, 0.4) is 0 Å². The fraction of sp³-hybridized carbons (Fsp3) is 0.538. The van der Waals surface area contributed by atoms with Gasteiger partial charge < -0.3 is 15.2 Å². The van der Waals surface area contributed by atoms with Gasteiger partial charge in [0, 0.05) is 17.5 Å². The van der Waals surface area contributed by atoms with Gasteiger partial charge in [0.05, 0.1) is 13.7 Å². The van der Waals surface area contributed by atoms with Gasteiger partial charge in [0.2, 0.25) is 0 Å². The molecule has 1 aromatic rings.